The number of hydrogen-bond donors (Lipinski definition) is 1. The lowest BCUT2D eigenvalue weighted by molar-refractivity contribution is 0.444. The van der Waals surface area contributed by atoms with Crippen molar-refractivity contribution in [1.29, 1.82) is 0 Å². The quantitative estimate of drug-likeness (QED) is 0.835. The second-order valence-corrected chi connectivity index (χ2v) is 4.69. The van der Waals surface area contributed by atoms with Gasteiger partial charge >= 0.3 is 0 Å². The summed E-state index contributed by atoms with van der Waals surface area (Å²) in [6.45, 7) is 5.14. The maximum atomic E-state index is 5.75. The third-order valence-electron chi connectivity index (χ3n) is 2.57. The minimum Gasteiger partial charge on any atom is -0.464 e. The molecule has 0 spiro atoms. The van der Waals surface area contributed by atoms with Crippen molar-refractivity contribution in [3.63, 3.8) is 0 Å². The zero-order valence-electron chi connectivity index (χ0n) is 10.4. The van der Waals surface area contributed by atoms with Crippen molar-refractivity contribution in [2.75, 3.05) is 5.32 Å². The molecular formula is C15H19NO. The Kier molecular flexibility index (Phi) is 3.86. The van der Waals surface area contributed by atoms with E-state index in [1.54, 1.807) is 0 Å². The van der Waals surface area contributed by atoms with E-state index in [1.165, 1.54) is 0 Å². The van der Waals surface area contributed by atoms with Crippen molar-refractivity contribution < 1.29 is 4.42 Å². The Morgan fingerprint density at radius 3 is 2.41 bits per heavy atom. The highest BCUT2D eigenvalue weighted by molar-refractivity contribution is 5.42. The fourth-order valence-electron chi connectivity index (χ4n) is 1.77. The highest BCUT2D eigenvalue weighted by atomic mass is 16.3. The van der Waals surface area contributed by atoms with Gasteiger partial charge in [0.1, 0.15) is 11.5 Å². The Bertz CT molecular complexity index is 445. The summed E-state index contributed by atoms with van der Waals surface area (Å²) in [6.07, 6.45) is 1.01. The number of benzene rings is 1. The second-order valence-electron chi connectivity index (χ2n) is 4.69. The topological polar surface area (TPSA) is 25.2 Å². The molecule has 2 heteroatoms. The first kappa shape index (κ1) is 11.8. The molecule has 90 valence electrons. The van der Waals surface area contributed by atoms with E-state index in [9.17, 15) is 0 Å². The largest absolute Gasteiger partial charge is 0.464 e. The number of para-hydroxylation sites is 1. The van der Waals surface area contributed by atoms with Crippen LogP contribution in [0.5, 0.6) is 0 Å². The summed E-state index contributed by atoms with van der Waals surface area (Å²) in [6, 6.07) is 14.3. The lowest BCUT2D eigenvalue weighted by Gasteiger charge is -2.04. The maximum absolute atomic E-state index is 5.75. The highest BCUT2D eigenvalue weighted by Gasteiger charge is 2.04. The van der Waals surface area contributed by atoms with Crippen LogP contribution in [-0.4, -0.2) is 0 Å². The van der Waals surface area contributed by atoms with Crippen LogP contribution in [0.3, 0.4) is 0 Å². The number of furan rings is 1. The monoisotopic (exact) mass is 229 g/mol. The molecule has 0 unspecified atom stereocenters. The smallest absolute Gasteiger partial charge is 0.123 e. The summed E-state index contributed by atoms with van der Waals surface area (Å²) in [4.78, 5) is 0. The van der Waals surface area contributed by atoms with Crippen LogP contribution in [-0.2, 0) is 13.0 Å². The number of nitrogens with one attached hydrogen (secondary N) is 1. The van der Waals surface area contributed by atoms with E-state index in [2.05, 4.69) is 37.4 Å². The van der Waals surface area contributed by atoms with Crippen molar-refractivity contribution in [3.05, 3.63) is 54.0 Å². The molecule has 0 amide bonds. The Labute approximate surface area is 103 Å². The molecule has 0 aliphatic heterocycles. The van der Waals surface area contributed by atoms with Crippen molar-refractivity contribution in [2.45, 2.75) is 26.8 Å². The summed E-state index contributed by atoms with van der Waals surface area (Å²) in [5, 5.41) is 3.33. The molecule has 1 heterocycles. The van der Waals surface area contributed by atoms with Crippen LogP contribution in [0.25, 0.3) is 0 Å². The molecule has 0 aliphatic carbocycles. The van der Waals surface area contributed by atoms with Gasteiger partial charge in [0, 0.05) is 12.1 Å². The second kappa shape index (κ2) is 5.58. The first-order valence-electron chi connectivity index (χ1n) is 6.10. The van der Waals surface area contributed by atoms with Crippen molar-refractivity contribution in [3.8, 4) is 0 Å². The molecule has 0 fully saturated rings. The van der Waals surface area contributed by atoms with Gasteiger partial charge in [0.15, 0.2) is 0 Å². The standard InChI is InChI=1S/C15H19NO/c1-12(2)10-14-8-9-15(17-14)11-16-13-6-4-3-5-7-13/h3-9,12,16H,10-11H2,1-2H3. The molecule has 1 aromatic carbocycles. The number of rotatable bonds is 5. The van der Waals surface area contributed by atoms with Gasteiger partial charge in [-0.2, -0.15) is 0 Å². The summed E-state index contributed by atoms with van der Waals surface area (Å²) < 4.78 is 5.75. The van der Waals surface area contributed by atoms with Gasteiger partial charge in [-0.3, -0.25) is 0 Å². The van der Waals surface area contributed by atoms with Gasteiger partial charge in [-0.05, 0) is 30.2 Å². The molecule has 2 aromatic rings. The lowest BCUT2D eigenvalue weighted by Crippen LogP contribution is -1.97. The molecule has 2 nitrogen and oxygen atoms in total. The molecule has 0 atom stereocenters. The molecule has 0 saturated carbocycles. The third-order valence-corrected chi connectivity index (χ3v) is 2.57. The highest BCUT2D eigenvalue weighted by Crippen LogP contribution is 2.14. The molecule has 0 aliphatic rings. The van der Waals surface area contributed by atoms with Crippen LogP contribution in [0.1, 0.15) is 25.4 Å². The van der Waals surface area contributed by atoms with Gasteiger partial charge in [0.05, 0.1) is 6.54 Å². The van der Waals surface area contributed by atoms with Crippen molar-refractivity contribution in [2.24, 2.45) is 5.92 Å². The molecule has 1 N–H and O–H groups in total. The molecule has 1 aromatic heterocycles. The summed E-state index contributed by atoms with van der Waals surface area (Å²) in [7, 11) is 0. The Balaban J connectivity index is 1.89. The van der Waals surface area contributed by atoms with E-state index in [0.717, 1.165) is 30.2 Å². The molecule has 0 bridgehead atoms. The SMILES string of the molecule is CC(C)Cc1ccc(CNc2ccccc2)o1. The van der Waals surface area contributed by atoms with Crippen molar-refractivity contribution in [1.82, 2.24) is 0 Å². The van der Waals surface area contributed by atoms with E-state index in [1.807, 2.05) is 24.3 Å². The van der Waals surface area contributed by atoms with Gasteiger partial charge < -0.3 is 9.73 Å². The zero-order valence-corrected chi connectivity index (χ0v) is 10.4. The third kappa shape index (κ3) is 3.66. The van der Waals surface area contributed by atoms with Gasteiger partial charge in [-0.1, -0.05) is 32.0 Å². The van der Waals surface area contributed by atoms with Crippen LogP contribution in [0.2, 0.25) is 0 Å². The van der Waals surface area contributed by atoms with Crippen LogP contribution < -0.4 is 5.32 Å². The summed E-state index contributed by atoms with van der Waals surface area (Å²) in [5.74, 6) is 2.70. The van der Waals surface area contributed by atoms with E-state index in [-0.39, 0.29) is 0 Å². The Morgan fingerprint density at radius 2 is 1.71 bits per heavy atom. The first-order valence-corrected chi connectivity index (χ1v) is 6.10. The fraction of sp³-hybridized carbons (Fsp3) is 0.333. The van der Waals surface area contributed by atoms with Gasteiger partial charge in [-0.25, -0.2) is 0 Å². The van der Waals surface area contributed by atoms with E-state index < -0.39 is 0 Å². The molecule has 2 rings (SSSR count). The van der Waals surface area contributed by atoms with Crippen LogP contribution >= 0.6 is 0 Å². The van der Waals surface area contributed by atoms with E-state index >= 15 is 0 Å². The summed E-state index contributed by atoms with van der Waals surface area (Å²) >= 11 is 0. The van der Waals surface area contributed by atoms with Crippen LogP contribution in [0.4, 0.5) is 5.69 Å². The average molecular weight is 229 g/mol. The summed E-state index contributed by atoms with van der Waals surface area (Å²) in [5.41, 5.74) is 1.12. The predicted molar refractivity (Wildman–Crippen MR) is 71.0 cm³/mol. The maximum Gasteiger partial charge on any atom is 0.123 e. The lowest BCUT2D eigenvalue weighted by atomic mass is 10.1. The molecule has 17 heavy (non-hydrogen) atoms. The van der Waals surface area contributed by atoms with Crippen molar-refractivity contribution >= 4 is 5.69 Å². The molecular weight excluding hydrogens is 210 g/mol. The predicted octanol–water partition coefficient (Wildman–Crippen LogP) is 4.09. The van der Waals surface area contributed by atoms with Crippen LogP contribution in [0.15, 0.2) is 46.9 Å². The molecule has 0 saturated heterocycles. The Hall–Kier alpha value is -1.70. The average Bonchev–Trinajstić information content (AvgIpc) is 2.75. The first-order chi connectivity index (χ1) is 8.24. The number of anilines is 1. The van der Waals surface area contributed by atoms with E-state index in [4.69, 9.17) is 4.42 Å². The van der Waals surface area contributed by atoms with Gasteiger partial charge in [-0.15, -0.1) is 0 Å². The molecule has 0 radical (unpaired) electrons. The Morgan fingerprint density at radius 1 is 1.00 bits per heavy atom. The van der Waals surface area contributed by atoms with E-state index in [0.29, 0.717) is 5.92 Å². The van der Waals surface area contributed by atoms with Crippen LogP contribution in [0, 0.1) is 5.92 Å². The minimum atomic E-state index is 0.635. The minimum absolute atomic E-state index is 0.635. The normalized spacial score (nSPS) is 10.8. The number of hydrogen-bond acceptors (Lipinski definition) is 2. The van der Waals surface area contributed by atoms with Gasteiger partial charge in [0.25, 0.3) is 0 Å². The zero-order chi connectivity index (χ0) is 12.1. The fourth-order valence-corrected chi connectivity index (χ4v) is 1.77. The van der Waals surface area contributed by atoms with Gasteiger partial charge in [0.2, 0.25) is 0 Å².